The van der Waals surface area contributed by atoms with E-state index in [0.29, 0.717) is 122 Å². The molecule has 79 heavy (non-hydrogen) atoms. The van der Waals surface area contributed by atoms with Crippen LogP contribution in [0.4, 0.5) is 25.1 Å². The number of fused-ring (bicyclic) bond motifs is 5. The fourth-order valence-electron chi connectivity index (χ4n) is 11.3. The van der Waals surface area contributed by atoms with E-state index in [9.17, 15) is 18.4 Å². The van der Waals surface area contributed by atoms with Gasteiger partial charge < -0.3 is 53.6 Å². The molecule has 21 heteroatoms. The molecule has 3 aliphatic rings. The van der Waals surface area contributed by atoms with Gasteiger partial charge in [0.2, 0.25) is 5.91 Å². The van der Waals surface area contributed by atoms with Gasteiger partial charge in [0.15, 0.2) is 5.82 Å². The Morgan fingerprint density at radius 2 is 1.56 bits per heavy atom. The largest absolute Gasteiger partial charge is 0.379 e. The van der Waals surface area contributed by atoms with Gasteiger partial charge in [-0.1, -0.05) is 18.2 Å². The molecular formula is C58H73F2N11O7S. The van der Waals surface area contributed by atoms with E-state index in [4.69, 9.17) is 28.8 Å². The van der Waals surface area contributed by atoms with Crippen molar-refractivity contribution in [1.82, 2.24) is 49.5 Å². The molecule has 3 amide bonds. The maximum Gasteiger partial charge on any atom is 0.317 e. The van der Waals surface area contributed by atoms with Gasteiger partial charge in [0.25, 0.3) is 6.43 Å². The first-order valence-electron chi connectivity index (χ1n) is 27.8. The van der Waals surface area contributed by atoms with E-state index >= 15 is 0 Å². The first kappa shape index (κ1) is 56.0. The number of amides is 3. The Labute approximate surface area is 463 Å². The van der Waals surface area contributed by atoms with Gasteiger partial charge in [-0.3, -0.25) is 14.2 Å². The summed E-state index contributed by atoms with van der Waals surface area (Å²) >= 11 is 1.61. The monoisotopic (exact) mass is 1110 g/mol. The second kappa shape index (κ2) is 26.8. The number of thiazole rings is 1. The summed E-state index contributed by atoms with van der Waals surface area (Å²) in [6.45, 7) is 11.8. The van der Waals surface area contributed by atoms with Gasteiger partial charge in [0, 0.05) is 133 Å². The summed E-state index contributed by atoms with van der Waals surface area (Å²) in [4.78, 5) is 36.4. The quantitative estimate of drug-likeness (QED) is 0.0496. The van der Waals surface area contributed by atoms with E-state index in [1.807, 2.05) is 16.5 Å². The summed E-state index contributed by atoms with van der Waals surface area (Å²) in [5, 5.41) is 20.4. The van der Waals surface area contributed by atoms with Crippen LogP contribution in [0.1, 0.15) is 73.0 Å². The molecule has 0 bridgehead atoms. The van der Waals surface area contributed by atoms with Gasteiger partial charge in [-0.15, -0.1) is 11.3 Å². The number of halogens is 2. The molecule has 0 unspecified atom stereocenters. The first-order chi connectivity index (χ1) is 38.7. The molecule has 422 valence electrons. The SMILES string of the molecule is CCn1c2ccc(CNCCOCCOCCOCCOCCOCCC(=O)N3CCC(n4nc(N5CCCc6cc(-c7cnn(C)c7)c(C(F)F)cc65)c5c4CCN(C(=O)NC)C5)CC3)cc2c2ccc(-c3cscn3)cc21. The molecule has 10 rings (SSSR count). The zero-order valence-electron chi connectivity index (χ0n) is 45.6. The van der Waals surface area contributed by atoms with Crippen LogP contribution in [0.25, 0.3) is 44.2 Å². The van der Waals surface area contributed by atoms with Gasteiger partial charge in [-0.05, 0) is 79.6 Å². The van der Waals surface area contributed by atoms with Crippen molar-refractivity contribution in [2.24, 2.45) is 7.05 Å². The third kappa shape index (κ3) is 13.1. The number of nitrogens with one attached hydrogen (secondary N) is 2. The zero-order chi connectivity index (χ0) is 54.7. The lowest BCUT2D eigenvalue weighted by molar-refractivity contribution is -0.133. The number of hydrogen-bond acceptors (Lipinski definition) is 13. The molecule has 0 spiro atoms. The summed E-state index contributed by atoms with van der Waals surface area (Å²) in [7, 11) is 3.40. The summed E-state index contributed by atoms with van der Waals surface area (Å²) < 4.78 is 64.1. The molecule has 1 fully saturated rings. The van der Waals surface area contributed by atoms with Crippen LogP contribution < -0.4 is 15.5 Å². The molecule has 3 aromatic carbocycles. The number of benzene rings is 3. The highest BCUT2D eigenvalue weighted by atomic mass is 32.1. The highest BCUT2D eigenvalue weighted by molar-refractivity contribution is 7.07. The lowest BCUT2D eigenvalue weighted by atomic mass is 9.92. The average molecular weight is 1110 g/mol. The van der Waals surface area contributed by atoms with Crippen LogP contribution >= 0.6 is 11.3 Å². The van der Waals surface area contributed by atoms with Crippen molar-refractivity contribution in [3.8, 4) is 22.4 Å². The molecule has 0 aliphatic carbocycles. The number of alkyl halides is 2. The van der Waals surface area contributed by atoms with Crippen LogP contribution in [-0.4, -0.2) is 157 Å². The number of piperidine rings is 1. The van der Waals surface area contributed by atoms with Gasteiger partial charge in [0.1, 0.15) is 0 Å². The number of carbonyl (C=O) groups excluding carboxylic acids is 2. The molecule has 1 saturated heterocycles. The number of urea groups is 1. The minimum atomic E-state index is -2.69. The van der Waals surface area contributed by atoms with E-state index in [2.05, 4.69) is 83.6 Å². The van der Waals surface area contributed by atoms with E-state index < -0.39 is 6.43 Å². The molecule has 7 aromatic rings. The Bertz CT molecular complexity index is 3150. The molecule has 3 aliphatic heterocycles. The highest BCUT2D eigenvalue weighted by Crippen LogP contribution is 2.44. The van der Waals surface area contributed by atoms with Gasteiger partial charge in [-0.2, -0.15) is 10.2 Å². The van der Waals surface area contributed by atoms with E-state index in [1.54, 1.807) is 53.5 Å². The van der Waals surface area contributed by atoms with Crippen LogP contribution in [0, 0.1) is 0 Å². The number of aryl methyl sites for hydroxylation is 3. The molecular weight excluding hydrogens is 1030 g/mol. The van der Waals surface area contributed by atoms with Crippen molar-refractivity contribution < 1.29 is 42.1 Å². The maximum absolute atomic E-state index is 14.8. The summed E-state index contributed by atoms with van der Waals surface area (Å²) in [5.41, 5.74) is 12.5. The van der Waals surface area contributed by atoms with Gasteiger partial charge in [0.05, 0.1) is 102 Å². The number of ether oxygens (including phenoxy) is 5. The van der Waals surface area contributed by atoms with Crippen molar-refractivity contribution in [1.29, 1.82) is 0 Å². The van der Waals surface area contributed by atoms with Crippen LogP contribution in [0.5, 0.6) is 0 Å². The van der Waals surface area contributed by atoms with E-state index in [1.165, 1.54) is 27.4 Å². The van der Waals surface area contributed by atoms with Crippen molar-refractivity contribution in [3.05, 3.63) is 99.8 Å². The number of hydrogen-bond donors (Lipinski definition) is 2. The predicted octanol–water partition coefficient (Wildman–Crippen LogP) is 8.68. The fraction of sp³-hybridized carbons (Fsp3) is 0.500. The summed E-state index contributed by atoms with van der Waals surface area (Å²) in [5.74, 6) is 0.753. The molecule has 4 aromatic heterocycles. The Morgan fingerprint density at radius 3 is 2.24 bits per heavy atom. The lowest BCUT2D eigenvalue weighted by Gasteiger charge is -2.34. The Hall–Kier alpha value is -6.33. The first-order valence-corrected chi connectivity index (χ1v) is 28.7. The smallest absolute Gasteiger partial charge is 0.317 e. The highest BCUT2D eigenvalue weighted by Gasteiger charge is 2.36. The second-order valence-corrected chi connectivity index (χ2v) is 21.0. The average Bonchev–Trinajstić information content (AvgIpc) is 4.52. The molecule has 0 saturated carbocycles. The van der Waals surface area contributed by atoms with Crippen LogP contribution in [-0.2, 0) is 68.0 Å². The molecule has 0 radical (unpaired) electrons. The predicted molar refractivity (Wildman–Crippen MR) is 301 cm³/mol. The van der Waals surface area contributed by atoms with Crippen molar-refractivity contribution in [3.63, 3.8) is 0 Å². The topological polar surface area (TPSA) is 168 Å². The van der Waals surface area contributed by atoms with Crippen molar-refractivity contribution in [2.75, 3.05) is 111 Å². The molecule has 7 heterocycles. The Kier molecular flexibility index (Phi) is 19.0. The Morgan fingerprint density at radius 1 is 0.810 bits per heavy atom. The molecule has 2 N–H and O–H groups in total. The van der Waals surface area contributed by atoms with Crippen molar-refractivity contribution in [2.45, 2.75) is 77.6 Å². The third-order valence-corrected chi connectivity index (χ3v) is 15.9. The van der Waals surface area contributed by atoms with E-state index in [-0.39, 0.29) is 30.0 Å². The number of rotatable bonds is 26. The van der Waals surface area contributed by atoms with Crippen LogP contribution in [0.2, 0.25) is 0 Å². The maximum atomic E-state index is 14.8. The standard InChI is InChI=1S/C58H73F2N11O7S/c1-4-69-51-10-7-40(30-47(51)45-9-8-41(32-54(45)69)50-38-79-39-63-50)34-62-15-21-75-23-25-77-27-29-78-28-26-76-24-22-74-20-14-55(72)67-17-11-44(12-18-67)71-52-13-19-68(58(73)61-2)37-49(52)57(65-71)70-16-5-6-42-31-46(43-35-64-66(3)36-43)48(56(59)60)33-53(42)70/h7-10,30-33,35-36,38-39,44,56,62H,4-6,11-29,34,37H2,1-3H3,(H,61,73). The van der Waals surface area contributed by atoms with Gasteiger partial charge >= 0.3 is 6.03 Å². The fourth-order valence-corrected chi connectivity index (χ4v) is 11.8. The Balaban J connectivity index is 0.580. The minimum Gasteiger partial charge on any atom is -0.379 e. The van der Waals surface area contributed by atoms with Gasteiger partial charge in [-0.25, -0.2) is 18.6 Å². The minimum absolute atomic E-state index is 0.0433. The number of anilines is 2. The summed E-state index contributed by atoms with van der Waals surface area (Å²) in [6, 6.07) is 16.7. The third-order valence-electron chi connectivity index (χ3n) is 15.3. The molecule has 18 nitrogen and oxygen atoms in total. The normalized spacial score (nSPS) is 15.0. The second-order valence-electron chi connectivity index (χ2n) is 20.2. The lowest BCUT2D eigenvalue weighted by Crippen LogP contribution is -2.42. The van der Waals surface area contributed by atoms with Crippen LogP contribution in [0.15, 0.2) is 71.8 Å². The van der Waals surface area contributed by atoms with E-state index in [0.717, 1.165) is 79.1 Å². The number of nitrogens with zero attached hydrogens (tertiary/aromatic N) is 9. The number of aromatic nitrogens is 6. The summed E-state index contributed by atoms with van der Waals surface area (Å²) in [6.07, 6.45) is 4.60. The van der Waals surface area contributed by atoms with Crippen LogP contribution in [0.3, 0.4) is 0 Å². The number of carbonyl (C=O) groups is 2. The number of likely N-dealkylation sites (tertiary alicyclic amines) is 1. The van der Waals surface area contributed by atoms with Crippen molar-refractivity contribution >= 4 is 56.6 Å². The molecule has 0 atom stereocenters. The zero-order valence-corrected chi connectivity index (χ0v) is 46.4.